The van der Waals surface area contributed by atoms with E-state index >= 15 is 0 Å². The van der Waals surface area contributed by atoms with Crippen LogP contribution in [0.15, 0.2) is 18.2 Å². The van der Waals surface area contributed by atoms with E-state index in [0.717, 1.165) is 36.7 Å². The first-order chi connectivity index (χ1) is 11.4. The van der Waals surface area contributed by atoms with Gasteiger partial charge in [-0.1, -0.05) is 13.0 Å². The molecule has 0 atom stereocenters. The SMILES string of the molecule is CCN1CCN(C(=O)CCN(C(C)=O)c2c(F)cccc2F)CC1. The van der Waals surface area contributed by atoms with Crippen molar-refractivity contribution in [3.63, 3.8) is 0 Å². The summed E-state index contributed by atoms with van der Waals surface area (Å²) in [4.78, 5) is 29.1. The van der Waals surface area contributed by atoms with Gasteiger partial charge < -0.3 is 14.7 Å². The topological polar surface area (TPSA) is 43.9 Å². The number of carbonyl (C=O) groups is 2. The van der Waals surface area contributed by atoms with Crippen LogP contribution in [0, 0.1) is 11.6 Å². The Morgan fingerprint density at radius 1 is 1.12 bits per heavy atom. The van der Waals surface area contributed by atoms with E-state index < -0.39 is 23.2 Å². The highest BCUT2D eigenvalue weighted by Gasteiger charge is 2.24. The van der Waals surface area contributed by atoms with Gasteiger partial charge in [-0.05, 0) is 18.7 Å². The quantitative estimate of drug-likeness (QED) is 0.823. The number of amides is 2. The number of benzene rings is 1. The van der Waals surface area contributed by atoms with Gasteiger partial charge in [0.2, 0.25) is 11.8 Å². The van der Waals surface area contributed by atoms with Gasteiger partial charge in [-0.3, -0.25) is 9.59 Å². The number of piperazine rings is 1. The zero-order chi connectivity index (χ0) is 17.7. The summed E-state index contributed by atoms with van der Waals surface area (Å²) < 4.78 is 27.8. The van der Waals surface area contributed by atoms with Crippen LogP contribution in [0.3, 0.4) is 0 Å². The molecule has 0 radical (unpaired) electrons. The van der Waals surface area contributed by atoms with Gasteiger partial charge in [0.15, 0.2) is 0 Å². The normalized spacial score (nSPS) is 15.4. The van der Waals surface area contributed by atoms with Crippen LogP contribution in [0.25, 0.3) is 0 Å². The summed E-state index contributed by atoms with van der Waals surface area (Å²) in [6.45, 7) is 7.14. The van der Waals surface area contributed by atoms with E-state index in [1.165, 1.54) is 13.0 Å². The first-order valence-corrected chi connectivity index (χ1v) is 8.16. The Bertz CT molecular complexity index is 581. The molecule has 0 unspecified atom stereocenters. The molecule has 2 rings (SSSR count). The average Bonchev–Trinajstić information content (AvgIpc) is 2.57. The minimum Gasteiger partial charge on any atom is -0.340 e. The predicted octanol–water partition coefficient (Wildman–Crippen LogP) is 1.87. The standard InChI is InChI=1S/C17H23F2N3O2/c1-3-20-9-11-21(12-10-20)16(24)7-8-22(13(2)23)17-14(18)5-4-6-15(17)19/h4-6H,3,7-12H2,1-2H3. The van der Waals surface area contributed by atoms with Crippen LogP contribution in [-0.2, 0) is 9.59 Å². The molecule has 2 amide bonds. The molecule has 5 nitrogen and oxygen atoms in total. The average molecular weight is 339 g/mol. The van der Waals surface area contributed by atoms with Crippen LogP contribution in [0.5, 0.6) is 0 Å². The van der Waals surface area contributed by atoms with Crippen molar-refractivity contribution in [3.8, 4) is 0 Å². The Kier molecular flexibility index (Phi) is 6.25. The summed E-state index contributed by atoms with van der Waals surface area (Å²) in [6, 6.07) is 3.44. The number of hydrogen-bond acceptors (Lipinski definition) is 3. The summed E-state index contributed by atoms with van der Waals surface area (Å²) in [5, 5.41) is 0. The van der Waals surface area contributed by atoms with Gasteiger partial charge in [0.25, 0.3) is 0 Å². The van der Waals surface area contributed by atoms with Crippen molar-refractivity contribution in [1.29, 1.82) is 0 Å². The van der Waals surface area contributed by atoms with E-state index in [1.807, 2.05) is 0 Å². The van der Waals surface area contributed by atoms with Crippen LogP contribution in [0.4, 0.5) is 14.5 Å². The zero-order valence-corrected chi connectivity index (χ0v) is 14.1. The minimum absolute atomic E-state index is 0.0412. The highest BCUT2D eigenvalue weighted by molar-refractivity contribution is 5.92. The zero-order valence-electron chi connectivity index (χ0n) is 14.1. The lowest BCUT2D eigenvalue weighted by Crippen LogP contribution is -2.49. The van der Waals surface area contributed by atoms with Crippen molar-refractivity contribution in [2.24, 2.45) is 0 Å². The Morgan fingerprint density at radius 2 is 1.71 bits per heavy atom. The van der Waals surface area contributed by atoms with Gasteiger partial charge in [-0.15, -0.1) is 0 Å². The van der Waals surface area contributed by atoms with Crippen molar-refractivity contribution in [3.05, 3.63) is 29.8 Å². The molecule has 1 aliphatic heterocycles. The van der Waals surface area contributed by atoms with Crippen LogP contribution in [-0.4, -0.2) is 60.9 Å². The van der Waals surface area contributed by atoms with E-state index in [9.17, 15) is 18.4 Å². The number of halogens is 2. The lowest BCUT2D eigenvalue weighted by molar-refractivity contribution is -0.132. The second kappa shape index (κ2) is 8.19. The maximum Gasteiger partial charge on any atom is 0.224 e. The fourth-order valence-electron chi connectivity index (χ4n) is 2.85. The van der Waals surface area contributed by atoms with Crippen LogP contribution >= 0.6 is 0 Å². The van der Waals surface area contributed by atoms with E-state index in [0.29, 0.717) is 13.1 Å². The monoisotopic (exact) mass is 339 g/mol. The Morgan fingerprint density at radius 3 is 2.21 bits per heavy atom. The van der Waals surface area contributed by atoms with E-state index in [4.69, 9.17) is 0 Å². The maximum atomic E-state index is 13.9. The molecule has 0 spiro atoms. The summed E-state index contributed by atoms with van der Waals surface area (Å²) in [5.74, 6) is -2.22. The third-order valence-electron chi connectivity index (χ3n) is 4.31. The lowest BCUT2D eigenvalue weighted by atomic mass is 10.2. The number of nitrogens with zero attached hydrogens (tertiary/aromatic N) is 3. The first kappa shape index (κ1) is 18.3. The Hall–Kier alpha value is -2.02. The lowest BCUT2D eigenvalue weighted by Gasteiger charge is -2.34. The van der Waals surface area contributed by atoms with E-state index in [2.05, 4.69) is 11.8 Å². The van der Waals surface area contributed by atoms with Crippen molar-refractivity contribution in [2.45, 2.75) is 20.3 Å². The number of para-hydroxylation sites is 1. The molecule has 1 fully saturated rings. The molecule has 1 heterocycles. The molecule has 1 saturated heterocycles. The van der Waals surface area contributed by atoms with Crippen molar-refractivity contribution in [2.75, 3.05) is 44.2 Å². The molecule has 0 saturated carbocycles. The van der Waals surface area contributed by atoms with Crippen molar-refractivity contribution in [1.82, 2.24) is 9.80 Å². The van der Waals surface area contributed by atoms with Gasteiger partial charge in [-0.2, -0.15) is 0 Å². The highest BCUT2D eigenvalue weighted by atomic mass is 19.1. The Labute approximate surface area is 140 Å². The van der Waals surface area contributed by atoms with Crippen LogP contribution in [0.1, 0.15) is 20.3 Å². The highest BCUT2D eigenvalue weighted by Crippen LogP contribution is 2.23. The molecule has 1 aliphatic rings. The first-order valence-electron chi connectivity index (χ1n) is 8.16. The fraction of sp³-hybridized carbons (Fsp3) is 0.529. The van der Waals surface area contributed by atoms with E-state index in [-0.39, 0.29) is 18.9 Å². The number of carbonyl (C=O) groups excluding carboxylic acids is 2. The van der Waals surface area contributed by atoms with Gasteiger partial charge in [0.05, 0.1) is 0 Å². The summed E-state index contributed by atoms with van der Waals surface area (Å²) in [7, 11) is 0. The third-order valence-corrected chi connectivity index (χ3v) is 4.31. The number of likely N-dealkylation sites (N-methyl/N-ethyl adjacent to an activating group) is 1. The molecule has 7 heteroatoms. The van der Waals surface area contributed by atoms with Crippen molar-refractivity contribution >= 4 is 17.5 Å². The Balaban J connectivity index is 2.00. The maximum absolute atomic E-state index is 13.9. The third kappa shape index (κ3) is 4.29. The second-order valence-corrected chi connectivity index (χ2v) is 5.81. The van der Waals surface area contributed by atoms with Gasteiger partial charge >= 0.3 is 0 Å². The number of rotatable bonds is 5. The molecule has 132 valence electrons. The summed E-state index contributed by atoms with van der Waals surface area (Å²) in [5.41, 5.74) is -0.395. The van der Waals surface area contributed by atoms with Gasteiger partial charge in [0, 0.05) is 46.1 Å². The van der Waals surface area contributed by atoms with Crippen molar-refractivity contribution < 1.29 is 18.4 Å². The molecule has 0 bridgehead atoms. The molecule has 1 aromatic carbocycles. The minimum atomic E-state index is -0.811. The molecule has 0 N–H and O–H groups in total. The fourth-order valence-corrected chi connectivity index (χ4v) is 2.85. The summed E-state index contributed by atoms with van der Waals surface area (Å²) >= 11 is 0. The van der Waals surface area contributed by atoms with Gasteiger partial charge in [0.1, 0.15) is 17.3 Å². The molecule has 24 heavy (non-hydrogen) atoms. The van der Waals surface area contributed by atoms with Crippen LogP contribution < -0.4 is 4.90 Å². The smallest absolute Gasteiger partial charge is 0.224 e. The molecule has 0 aliphatic carbocycles. The molecular weight excluding hydrogens is 316 g/mol. The van der Waals surface area contributed by atoms with Crippen LogP contribution in [0.2, 0.25) is 0 Å². The largest absolute Gasteiger partial charge is 0.340 e. The second-order valence-electron chi connectivity index (χ2n) is 5.81. The van der Waals surface area contributed by atoms with E-state index in [1.54, 1.807) is 4.90 Å². The molecule has 0 aromatic heterocycles. The summed E-state index contributed by atoms with van der Waals surface area (Å²) in [6.07, 6.45) is 0.0412. The molecule has 1 aromatic rings. The molecular formula is C17H23F2N3O2. The number of anilines is 1. The van der Waals surface area contributed by atoms with Gasteiger partial charge in [-0.25, -0.2) is 8.78 Å². The number of hydrogen-bond donors (Lipinski definition) is 0. The predicted molar refractivity (Wildman–Crippen MR) is 87.7 cm³/mol.